The number of hydrogen-bond acceptors (Lipinski definition) is 3. The predicted octanol–water partition coefficient (Wildman–Crippen LogP) is 3.37. The quantitative estimate of drug-likeness (QED) is 0.803. The molecule has 106 valence electrons. The van der Waals surface area contributed by atoms with Gasteiger partial charge in [0.15, 0.2) is 0 Å². The van der Waals surface area contributed by atoms with Crippen LogP contribution in [0.2, 0.25) is 0 Å². The van der Waals surface area contributed by atoms with Crippen molar-refractivity contribution in [2.75, 3.05) is 25.9 Å². The fraction of sp³-hybridized carbons (Fsp3) is 0.625. The first-order chi connectivity index (χ1) is 9.35. The van der Waals surface area contributed by atoms with Gasteiger partial charge in [-0.15, -0.1) is 11.8 Å². The zero-order valence-corrected chi connectivity index (χ0v) is 13.0. The number of hydrogen-bond donors (Lipinski definition) is 1. The second-order valence-corrected chi connectivity index (χ2v) is 6.11. The molecule has 0 saturated carbocycles. The number of nitrogens with one attached hydrogen (secondary N) is 1. The Morgan fingerprint density at radius 1 is 1.26 bits per heavy atom. The van der Waals surface area contributed by atoms with E-state index in [-0.39, 0.29) is 0 Å². The molecule has 0 atom stereocenters. The maximum Gasteiger partial charge on any atom is 0.0247 e. The minimum Gasteiger partial charge on any atom is -0.317 e. The van der Waals surface area contributed by atoms with Crippen LogP contribution in [0, 0.1) is 0 Å². The fourth-order valence-electron chi connectivity index (χ4n) is 2.90. The Balaban J connectivity index is 2.06. The molecule has 2 nitrogen and oxygen atoms in total. The molecule has 1 aliphatic rings. The summed E-state index contributed by atoms with van der Waals surface area (Å²) in [6.45, 7) is 6.96. The molecule has 1 aromatic rings. The van der Waals surface area contributed by atoms with E-state index in [1.807, 2.05) is 11.8 Å². The van der Waals surface area contributed by atoms with E-state index in [2.05, 4.69) is 47.7 Å². The Hall–Kier alpha value is -0.510. The molecule has 0 unspecified atom stereocenters. The Kier molecular flexibility index (Phi) is 6.21. The molecule has 1 N–H and O–H groups in total. The van der Waals surface area contributed by atoms with Crippen LogP contribution >= 0.6 is 11.8 Å². The lowest BCUT2D eigenvalue weighted by Crippen LogP contribution is -2.43. The highest BCUT2D eigenvalue weighted by molar-refractivity contribution is 7.98. The van der Waals surface area contributed by atoms with E-state index in [9.17, 15) is 0 Å². The molecule has 0 spiro atoms. The number of rotatable bonds is 6. The minimum absolute atomic E-state index is 0.760. The van der Waals surface area contributed by atoms with E-state index >= 15 is 0 Å². The van der Waals surface area contributed by atoms with Gasteiger partial charge in [-0.2, -0.15) is 0 Å². The fourth-order valence-corrected chi connectivity index (χ4v) is 3.51. The summed E-state index contributed by atoms with van der Waals surface area (Å²) < 4.78 is 0. The molecule has 2 rings (SSSR count). The van der Waals surface area contributed by atoms with Crippen molar-refractivity contribution < 1.29 is 0 Å². The third kappa shape index (κ3) is 4.23. The second kappa shape index (κ2) is 7.93. The topological polar surface area (TPSA) is 15.3 Å². The lowest BCUT2D eigenvalue weighted by molar-refractivity contribution is 0.153. The lowest BCUT2D eigenvalue weighted by atomic mass is 10.0. The Bertz CT molecular complexity index is 375. The van der Waals surface area contributed by atoms with Gasteiger partial charge in [-0.25, -0.2) is 0 Å². The summed E-state index contributed by atoms with van der Waals surface area (Å²) in [6.07, 6.45) is 6.00. The van der Waals surface area contributed by atoms with E-state index in [0.29, 0.717) is 0 Å². The van der Waals surface area contributed by atoms with E-state index in [4.69, 9.17) is 0 Å². The number of nitrogens with zero attached hydrogens (tertiary/aromatic N) is 1. The van der Waals surface area contributed by atoms with Crippen LogP contribution in [0.15, 0.2) is 29.2 Å². The third-order valence-corrected chi connectivity index (χ3v) is 4.74. The van der Waals surface area contributed by atoms with Crippen LogP contribution in [0.4, 0.5) is 0 Å². The first-order valence-corrected chi connectivity index (χ1v) is 8.64. The predicted molar refractivity (Wildman–Crippen MR) is 84.8 cm³/mol. The summed E-state index contributed by atoms with van der Waals surface area (Å²) in [4.78, 5) is 4.12. The summed E-state index contributed by atoms with van der Waals surface area (Å²) in [6, 6.07) is 9.60. The molecular weight excluding hydrogens is 252 g/mol. The average molecular weight is 278 g/mol. The van der Waals surface area contributed by atoms with Gasteiger partial charge >= 0.3 is 0 Å². The molecule has 1 fully saturated rings. The lowest BCUT2D eigenvalue weighted by Gasteiger charge is -2.35. The monoisotopic (exact) mass is 278 g/mol. The summed E-state index contributed by atoms with van der Waals surface area (Å²) in [5.41, 5.74) is 1.49. The maximum absolute atomic E-state index is 3.47. The highest BCUT2D eigenvalue weighted by atomic mass is 32.2. The van der Waals surface area contributed by atoms with Gasteiger partial charge in [-0.05, 0) is 56.8 Å². The van der Waals surface area contributed by atoms with Crippen molar-refractivity contribution >= 4 is 11.8 Å². The van der Waals surface area contributed by atoms with Gasteiger partial charge in [-0.3, -0.25) is 4.90 Å². The van der Waals surface area contributed by atoms with Crippen molar-refractivity contribution in [1.29, 1.82) is 0 Å². The molecule has 3 heteroatoms. The van der Waals surface area contributed by atoms with Crippen molar-refractivity contribution in [3.8, 4) is 0 Å². The molecule has 1 aliphatic heterocycles. The van der Waals surface area contributed by atoms with Crippen molar-refractivity contribution in [2.24, 2.45) is 0 Å². The molecule has 1 aromatic carbocycles. The maximum atomic E-state index is 3.47. The highest BCUT2D eigenvalue weighted by Gasteiger charge is 2.20. The molecule has 0 bridgehead atoms. The summed E-state index contributed by atoms with van der Waals surface area (Å²) in [5, 5.41) is 3.47. The van der Waals surface area contributed by atoms with Crippen LogP contribution in [0.3, 0.4) is 0 Å². The van der Waals surface area contributed by atoms with E-state index < -0.39 is 0 Å². The molecule has 0 amide bonds. The zero-order chi connectivity index (χ0) is 13.5. The number of thioether (sulfide) groups is 1. The van der Waals surface area contributed by atoms with Gasteiger partial charge in [0, 0.05) is 17.5 Å². The smallest absolute Gasteiger partial charge is 0.0247 e. The van der Waals surface area contributed by atoms with E-state index in [0.717, 1.165) is 12.6 Å². The Morgan fingerprint density at radius 2 is 2.00 bits per heavy atom. The molecular formula is C16H26N2S. The number of benzene rings is 1. The number of piperidine rings is 1. The van der Waals surface area contributed by atoms with Crippen LogP contribution in [0.25, 0.3) is 0 Å². The minimum atomic E-state index is 0.760. The van der Waals surface area contributed by atoms with Gasteiger partial charge in [0.1, 0.15) is 0 Å². The average Bonchev–Trinajstić information content (AvgIpc) is 2.48. The van der Waals surface area contributed by atoms with Crippen molar-refractivity contribution in [1.82, 2.24) is 10.2 Å². The third-order valence-electron chi connectivity index (χ3n) is 3.90. The normalized spacial score (nSPS) is 17.0. The van der Waals surface area contributed by atoms with Gasteiger partial charge < -0.3 is 5.32 Å². The van der Waals surface area contributed by atoms with Gasteiger partial charge in [0.2, 0.25) is 0 Å². The zero-order valence-electron chi connectivity index (χ0n) is 12.2. The molecule has 1 heterocycles. The van der Waals surface area contributed by atoms with Crippen LogP contribution in [-0.2, 0) is 6.54 Å². The first kappa shape index (κ1) is 14.9. The molecule has 1 saturated heterocycles. The summed E-state index contributed by atoms with van der Waals surface area (Å²) in [5.74, 6) is 0. The van der Waals surface area contributed by atoms with Gasteiger partial charge in [0.25, 0.3) is 0 Å². The molecule has 19 heavy (non-hydrogen) atoms. The standard InChI is InChI=1S/C16H26N2S/c1-3-12-18(15-8-10-17-11-9-15)13-14-6-4-5-7-16(14)19-2/h4-7,15,17H,3,8-13H2,1-2H3. The van der Waals surface area contributed by atoms with Crippen molar-refractivity contribution in [3.05, 3.63) is 29.8 Å². The van der Waals surface area contributed by atoms with Crippen molar-refractivity contribution in [3.63, 3.8) is 0 Å². The largest absolute Gasteiger partial charge is 0.317 e. The summed E-state index contributed by atoms with van der Waals surface area (Å²) >= 11 is 1.86. The molecule has 0 aromatic heterocycles. The SMILES string of the molecule is CCCN(Cc1ccccc1SC)C1CCNCC1. The van der Waals surface area contributed by atoms with Gasteiger partial charge in [-0.1, -0.05) is 25.1 Å². The van der Waals surface area contributed by atoms with Crippen LogP contribution in [-0.4, -0.2) is 36.8 Å². The highest BCUT2D eigenvalue weighted by Crippen LogP contribution is 2.23. The van der Waals surface area contributed by atoms with Crippen LogP contribution < -0.4 is 5.32 Å². The van der Waals surface area contributed by atoms with E-state index in [1.54, 1.807) is 0 Å². The molecule has 0 radical (unpaired) electrons. The van der Waals surface area contributed by atoms with Gasteiger partial charge in [0.05, 0.1) is 0 Å². The van der Waals surface area contributed by atoms with Crippen molar-refractivity contribution in [2.45, 2.75) is 43.7 Å². The summed E-state index contributed by atoms with van der Waals surface area (Å²) in [7, 11) is 0. The first-order valence-electron chi connectivity index (χ1n) is 7.41. The van der Waals surface area contributed by atoms with Crippen LogP contribution in [0.1, 0.15) is 31.7 Å². The Morgan fingerprint density at radius 3 is 2.68 bits per heavy atom. The molecule has 0 aliphatic carbocycles. The Labute approximate surface area is 122 Å². The van der Waals surface area contributed by atoms with E-state index in [1.165, 1.54) is 49.4 Å². The van der Waals surface area contributed by atoms with Crippen LogP contribution in [0.5, 0.6) is 0 Å². The second-order valence-electron chi connectivity index (χ2n) is 5.26.